The number of phenols is 1. The van der Waals surface area contributed by atoms with Gasteiger partial charge in [-0.3, -0.25) is 0 Å². The fraction of sp³-hybridized carbons (Fsp3) is 0.412. The zero-order valence-electron chi connectivity index (χ0n) is 14.1. The Morgan fingerprint density at radius 2 is 2.04 bits per heavy atom. The van der Waals surface area contributed by atoms with Crippen LogP contribution in [0.15, 0.2) is 29.6 Å². The van der Waals surface area contributed by atoms with E-state index in [4.69, 9.17) is 9.47 Å². The molecular formula is C17H23N3O4S. The number of thiazole rings is 1. The lowest BCUT2D eigenvalue weighted by molar-refractivity contribution is 0.0705. The van der Waals surface area contributed by atoms with Crippen molar-refractivity contribution < 1.29 is 20.8 Å². The van der Waals surface area contributed by atoms with E-state index in [0.29, 0.717) is 32.8 Å². The maximum Gasteiger partial charge on any atom is 0.409 e. The first kappa shape index (κ1) is 17.5. The van der Waals surface area contributed by atoms with Crippen molar-refractivity contribution in [1.82, 2.24) is 9.88 Å². The molecule has 136 valence electrons. The van der Waals surface area contributed by atoms with Crippen LogP contribution in [0.25, 0.3) is 11.3 Å². The summed E-state index contributed by atoms with van der Waals surface area (Å²) in [5.74, 6) is 0.225. The largest absolute Gasteiger partial charge is 0.507 e. The van der Waals surface area contributed by atoms with Gasteiger partial charge in [0.15, 0.2) is 5.13 Å². The van der Waals surface area contributed by atoms with E-state index < -0.39 is 0 Å². The predicted octanol–water partition coefficient (Wildman–Crippen LogP) is 2.67. The van der Waals surface area contributed by atoms with E-state index in [1.165, 1.54) is 11.3 Å². The lowest BCUT2D eigenvalue weighted by atomic mass is 10.1. The van der Waals surface area contributed by atoms with Gasteiger partial charge in [-0.05, 0) is 12.1 Å². The molecule has 0 spiro atoms. The van der Waals surface area contributed by atoms with Crippen LogP contribution in [0.4, 0.5) is 9.93 Å². The average molecular weight is 365 g/mol. The van der Waals surface area contributed by atoms with Crippen LogP contribution in [0.2, 0.25) is 0 Å². The predicted molar refractivity (Wildman–Crippen MR) is 98.3 cm³/mol. The number of hydrogen-bond donors (Lipinski definition) is 1. The highest BCUT2D eigenvalue weighted by atomic mass is 32.1. The van der Waals surface area contributed by atoms with Crippen LogP contribution in [0.5, 0.6) is 5.75 Å². The Morgan fingerprint density at radius 1 is 1.28 bits per heavy atom. The molecule has 1 saturated heterocycles. The first-order valence-corrected chi connectivity index (χ1v) is 8.96. The Bertz CT molecular complexity index is 720. The molecule has 1 aromatic carbocycles. The van der Waals surface area contributed by atoms with Gasteiger partial charge in [-0.25, -0.2) is 9.78 Å². The quantitative estimate of drug-likeness (QED) is 0.821. The van der Waals surface area contributed by atoms with Gasteiger partial charge in [0.2, 0.25) is 0 Å². The van der Waals surface area contributed by atoms with E-state index in [1.807, 2.05) is 17.5 Å². The third kappa shape index (κ3) is 4.21. The Morgan fingerprint density at radius 3 is 2.76 bits per heavy atom. The zero-order chi connectivity index (χ0) is 17.6. The number of amides is 1. The molecule has 8 heteroatoms. The highest BCUT2D eigenvalue weighted by molar-refractivity contribution is 7.14. The van der Waals surface area contributed by atoms with Crippen molar-refractivity contribution >= 4 is 22.6 Å². The molecule has 0 radical (unpaired) electrons. The molecule has 0 bridgehead atoms. The minimum atomic E-state index is -0.300. The third-order valence-electron chi connectivity index (χ3n) is 3.99. The molecule has 0 aliphatic carbocycles. The third-order valence-corrected chi connectivity index (χ3v) is 4.89. The Balaban J connectivity index is 0.00000243. The van der Waals surface area contributed by atoms with Crippen LogP contribution in [0.1, 0.15) is 1.43 Å². The maximum atomic E-state index is 11.9. The average Bonchev–Trinajstić information content (AvgIpc) is 3.12. The number of hydrogen-bond acceptors (Lipinski definition) is 7. The smallest absolute Gasteiger partial charge is 0.409 e. The zero-order valence-corrected chi connectivity index (χ0v) is 14.9. The molecule has 0 saturated carbocycles. The van der Waals surface area contributed by atoms with Gasteiger partial charge >= 0.3 is 6.09 Å². The van der Waals surface area contributed by atoms with Crippen LogP contribution in [-0.4, -0.2) is 67.6 Å². The van der Waals surface area contributed by atoms with Crippen LogP contribution >= 0.6 is 11.3 Å². The number of nitrogens with zero attached hydrogens (tertiary/aromatic N) is 3. The van der Waals surface area contributed by atoms with E-state index in [2.05, 4.69) is 9.88 Å². The summed E-state index contributed by atoms with van der Waals surface area (Å²) in [7, 11) is 1.57. The number of carbonyl (C=O) groups is 1. The van der Waals surface area contributed by atoms with E-state index in [9.17, 15) is 9.90 Å². The minimum absolute atomic E-state index is 0. The van der Waals surface area contributed by atoms with Crippen molar-refractivity contribution in [2.24, 2.45) is 0 Å². The lowest BCUT2D eigenvalue weighted by Gasteiger charge is -2.33. The maximum absolute atomic E-state index is 11.9. The molecular weight excluding hydrogens is 342 g/mol. The number of phenolic OH excluding ortho intramolecular Hbond substituents is 1. The number of rotatable bonds is 5. The molecule has 0 atom stereocenters. The number of benzene rings is 1. The SMILES string of the molecule is COCCOC(=O)N1CCN(c2nc(-c3ccccc3O)cs2)CC1.[HH]. The normalized spacial score (nSPS) is 14.6. The van der Waals surface area contributed by atoms with E-state index in [1.54, 1.807) is 24.1 Å². The number of anilines is 1. The van der Waals surface area contributed by atoms with Gasteiger partial charge in [-0.1, -0.05) is 12.1 Å². The summed E-state index contributed by atoms with van der Waals surface area (Å²) in [5.41, 5.74) is 1.49. The van der Waals surface area contributed by atoms with Gasteiger partial charge in [-0.15, -0.1) is 11.3 Å². The second-order valence-corrected chi connectivity index (χ2v) is 6.45. The summed E-state index contributed by atoms with van der Waals surface area (Å²) >= 11 is 1.54. The first-order chi connectivity index (χ1) is 12.2. The molecule has 1 amide bonds. The van der Waals surface area contributed by atoms with Gasteiger partial charge in [0.1, 0.15) is 12.4 Å². The minimum Gasteiger partial charge on any atom is -0.507 e. The number of piperazine rings is 1. The van der Waals surface area contributed by atoms with Gasteiger partial charge in [0.05, 0.1) is 12.3 Å². The molecule has 1 aliphatic rings. The fourth-order valence-corrected chi connectivity index (χ4v) is 3.49. The summed E-state index contributed by atoms with van der Waals surface area (Å²) in [4.78, 5) is 20.4. The Kier molecular flexibility index (Phi) is 5.72. The van der Waals surface area contributed by atoms with Crippen LogP contribution in [0, 0.1) is 0 Å². The summed E-state index contributed by atoms with van der Waals surface area (Å²) < 4.78 is 10.0. The van der Waals surface area contributed by atoms with E-state index in [0.717, 1.165) is 16.4 Å². The van der Waals surface area contributed by atoms with Crippen molar-refractivity contribution in [1.29, 1.82) is 0 Å². The number of carbonyl (C=O) groups excluding carboxylic acids is 1. The van der Waals surface area contributed by atoms with Crippen LogP contribution in [0.3, 0.4) is 0 Å². The number of aromatic nitrogens is 1. The fourth-order valence-electron chi connectivity index (χ4n) is 2.61. The summed E-state index contributed by atoms with van der Waals surface area (Å²) in [6.45, 7) is 3.26. The van der Waals surface area contributed by atoms with Crippen LogP contribution in [-0.2, 0) is 9.47 Å². The van der Waals surface area contributed by atoms with Crippen molar-refractivity contribution in [2.75, 3.05) is 51.4 Å². The van der Waals surface area contributed by atoms with Gasteiger partial charge in [0, 0.05) is 45.7 Å². The molecule has 3 rings (SSSR count). The molecule has 1 fully saturated rings. The van der Waals surface area contributed by atoms with Gasteiger partial charge in [0.25, 0.3) is 0 Å². The number of methoxy groups -OCH3 is 1. The van der Waals surface area contributed by atoms with E-state index >= 15 is 0 Å². The Hall–Kier alpha value is -2.32. The molecule has 0 unspecified atom stereocenters. The molecule has 1 aromatic heterocycles. The molecule has 2 heterocycles. The number of ether oxygens (including phenoxy) is 2. The second kappa shape index (κ2) is 8.17. The number of aromatic hydroxyl groups is 1. The van der Waals surface area contributed by atoms with Crippen molar-refractivity contribution in [2.45, 2.75) is 0 Å². The van der Waals surface area contributed by atoms with Gasteiger partial charge in [-0.2, -0.15) is 0 Å². The highest BCUT2D eigenvalue weighted by Gasteiger charge is 2.24. The molecule has 1 aliphatic heterocycles. The van der Waals surface area contributed by atoms with Crippen LogP contribution < -0.4 is 4.90 Å². The van der Waals surface area contributed by atoms with Gasteiger partial charge < -0.3 is 24.4 Å². The first-order valence-electron chi connectivity index (χ1n) is 8.08. The van der Waals surface area contributed by atoms with Crippen molar-refractivity contribution in [3.05, 3.63) is 29.6 Å². The summed E-state index contributed by atoms with van der Waals surface area (Å²) in [6.07, 6.45) is -0.300. The van der Waals surface area contributed by atoms with Crippen molar-refractivity contribution in [3.63, 3.8) is 0 Å². The van der Waals surface area contributed by atoms with E-state index in [-0.39, 0.29) is 19.9 Å². The van der Waals surface area contributed by atoms with Crippen molar-refractivity contribution in [3.8, 4) is 17.0 Å². The summed E-state index contributed by atoms with van der Waals surface area (Å²) in [5, 5.41) is 12.8. The summed E-state index contributed by atoms with van der Waals surface area (Å²) in [6, 6.07) is 7.17. The highest BCUT2D eigenvalue weighted by Crippen LogP contribution is 2.32. The molecule has 2 aromatic rings. The molecule has 25 heavy (non-hydrogen) atoms. The second-order valence-electron chi connectivity index (χ2n) is 5.61. The molecule has 1 N–H and O–H groups in total. The monoisotopic (exact) mass is 365 g/mol. The molecule has 7 nitrogen and oxygen atoms in total. The number of para-hydroxylation sites is 1. The Labute approximate surface area is 151 Å². The lowest BCUT2D eigenvalue weighted by Crippen LogP contribution is -2.49. The standard InChI is InChI=1S/C17H21N3O4S.H2/c1-23-10-11-24-17(22)20-8-6-19(7-9-20)16-18-14(12-25-16)13-4-2-3-5-15(13)21;/h2-5,12,21H,6-11H2,1H3;1H. The topological polar surface area (TPSA) is 75.1 Å².